The van der Waals surface area contributed by atoms with Gasteiger partial charge in [-0.2, -0.15) is 5.26 Å². The number of nitriles is 1. The predicted octanol–water partition coefficient (Wildman–Crippen LogP) is 0.302. The predicted molar refractivity (Wildman–Crippen MR) is 71.4 cm³/mol. The second kappa shape index (κ2) is 5.03. The minimum Gasteiger partial charge on any atom is -0.229 e. The Morgan fingerprint density at radius 1 is 1.42 bits per heavy atom. The van der Waals surface area contributed by atoms with Gasteiger partial charge in [0.05, 0.1) is 22.9 Å². The fraction of sp³-hybridized carbons (Fsp3) is 0.444. The molecule has 0 amide bonds. The Hall–Kier alpha value is -0.660. The van der Waals surface area contributed by atoms with Crippen LogP contribution in [0.3, 0.4) is 0 Å². The Morgan fingerprint density at radius 3 is 2.58 bits per heavy atom. The summed E-state index contributed by atoms with van der Waals surface area (Å²) in [7, 11) is -7.15. The van der Waals surface area contributed by atoms with E-state index in [0.29, 0.717) is 0 Å². The number of sulfone groups is 1. The number of alkyl halides is 1. The molecule has 1 aliphatic heterocycles. The van der Waals surface area contributed by atoms with E-state index in [0.717, 1.165) is 11.3 Å². The van der Waals surface area contributed by atoms with Crippen LogP contribution in [0.5, 0.6) is 0 Å². The second-order valence-electron chi connectivity index (χ2n) is 4.05. The molecule has 0 spiro atoms. The molecule has 10 heteroatoms. The zero-order chi connectivity index (χ0) is 14.3. The molecule has 2 atom stereocenters. The molecule has 1 aromatic heterocycles. The highest BCUT2D eigenvalue weighted by molar-refractivity contribution is 7.92. The van der Waals surface area contributed by atoms with E-state index >= 15 is 0 Å². The molecular formula is C9H9ClN2O4S3. The van der Waals surface area contributed by atoms with Crippen molar-refractivity contribution in [2.75, 3.05) is 11.5 Å². The maximum absolute atomic E-state index is 12.0. The number of nitrogens with one attached hydrogen (secondary N) is 1. The topological polar surface area (TPSA) is 104 Å². The van der Waals surface area contributed by atoms with Crippen molar-refractivity contribution in [3.63, 3.8) is 0 Å². The summed E-state index contributed by atoms with van der Waals surface area (Å²) in [5.41, 5.74) is 0. The molecule has 0 aliphatic carbocycles. The van der Waals surface area contributed by atoms with Gasteiger partial charge in [-0.05, 0) is 12.1 Å². The molecule has 2 rings (SSSR count). The van der Waals surface area contributed by atoms with E-state index in [-0.39, 0.29) is 20.6 Å². The third-order valence-electron chi connectivity index (χ3n) is 2.55. The lowest BCUT2D eigenvalue weighted by atomic mass is 10.3. The average molecular weight is 341 g/mol. The minimum atomic E-state index is -3.85. The normalized spacial score (nSPS) is 26.1. The summed E-state index contributed by atoms with van der Waals surface area (Å²) < 4.78 is 49.0. The molecule has 1 aromatic rings. The van der Waals surface area contributed by atoms with Crippen LogP contribution in [0.4, 0.5) is 0 Å². The number of thiophene rings is 1. The first-order valence-corrected chi connectivity index (χ1v) is 9.66. The second-order valence-corrected chi connectivity index (χ2v) is 9.79. The van der Waals surface area contributed by atoms with E-state index < -0.39 is 31.3 Å². The monoisotopic (exact) mass is 340 g/mol. The Kier molecular flexibility index (Phi) is 3.90. The summed E-state index contributed by atoms with van der Waals surface area (Å²) in [4.78, 5) is 0.266. The van der Waals surface area contributed by atoms with E-state index in [1.807, 2.05) is 6.07 Å². The first-order valence-electron chi connectivity index (χ1n) is 5.10. The molecule has 6 nitrogen and oxygen atoms in total. The van der Waals surface area contributed by atoms with E-state index in [9.17, 15) is 16.8 Å². The van der Waals surface area contributed by atoms with Crippen LogP contribution < -0.4 is 4.72 Å². The Morgan fingerprint density at radius 2 is 2.11 bits per heavy atom. The lowest BCUT2D eigenvalue weighted by Crippen LogP contribution is -2.40. The highest BCUT2D eigenvalue weighted by Gasteiger charge is 2.39. The van der Waals surface area contributed by atoms with Crippen molar-refractivity contribution in [1.29, 1.82) is 5.26 Å². The van der Waals surface area contributed by atoms with Gasteiger partial charge in [-0.15, -0.1) is 22.9 Å². The van der Waals surface area contributed by atoms with Crippen molar-refractivity contribution in [3.05, 3.63) is 17.0 Å². The fourth-order valence-corrected chi connectivity index (χ4v) is 6.82. The van der Waals surface area contributed by atoms with Gasteiger partial charge >= 0.3 is 0 Å². The van der Waals surface area contributed by atoms with Crippen molar-refractivity contribution in [2.45, 2.75) is 15.6 Å². The Balaban J connectivity index is 2.21. The van der Waals surface area contributed by atoms with Gasteiger partial charge in [0.15, 0.2) is 9.84 Å². The number of halogens is 1. The largest absolute Gasteiger partial charge is 0.250 e. The van der Waals surface area contributed by atoms with E-state index in [1.165, 1.54) is 12.1 Å². The highest BCUT2D eigenvalue weighted by Crippen LogP contribution is 2.24. The van der Waals surface area contributed by atoms with Crippen molar-refractivity contribution >= 4 is 42.8 Å². The molecular weight excluding hydrogens is 332 g/mol. The molecule has 1 saturated heterocycles. The highest BCUT2D eigenvalue weighted by atomic mass is 35.5. The zero-order valence-electron chi connectivity index (χ0n) is 9.41. The minimum absolute atomic E-state index is 0.0304. The van der Waals surface area contributed by atoms with Gasteiger partial charge in [0, 0.05) is 0 Å². The average Bonchev–Trinajstić information content (AvgIpc) is 2.83. The molecule has 0 saturated carbocycles. The maximum Gasteiger partial charge on any atom is 0.250 e. The molecule has 2 heterocycles. The zero-order valence-corrected chi connectivity index (χ0v) is 12.6. The maximum atomic E-state index is 12.0. The Labute approximate surface area is 120 Å². The SMILES string of the molecule is N#Cc1ccc(S(=O)(=O)NC2CS(=O)(=O)CC2Cl)s1. The summed E-state index contributed by atoms with van der Waals surface area (Å²) in [6, 6.07) is 3.69. The van der Waals surface area contributed by atoms with E-state index in [2.05, 4.69) is 4.72 Å². The molecule has 1 fully saturated rings. The Bertz CT molecular complexity index is 732. The number of rotatable bonds is 3. The van der Waals surface area contributed by atoms with Crippen LogP contribution in [0.2, 0.25) is 0 Å². The molecule has 2 unspecified atom stereocenters. The van der Waals surface area contributed by atoms with Crippen molar-refractivity contribution < 1.29 is 16.8 Å². The molecule has 104 valence electrons. The van der Waals surface area contributed by atoms with Gasteiger partial charge in [0.2, 0.25) is 10.0 Å². The summed E-state index contributed by atoms with van der Waals surface area (Å²) in [6.07, 6.45) is 0. The van der Waals surface area contributed by atoms with Crippen molar-refractivity contribution in [2.24, 2.45) is 0 Å². The summed E-state index contributed by atoms with van der Waals surface area (Å²) in [6.45, 7) is 0. The van der Waals surface area contributed by atoms with Crippen LogP contribution in [0.25, 0.3) is 0 Å². The van der Waals surface area contributed by atoms with Gasteiger partial charge in [-0.25, -0.2) is 21.6 Å². The van der Waals surface area contributed by atoms with Crippen LogP contribution in [-0.2, 0) is 19.9 Å². The van der Waals surface area contributed by atoms with Gasteiger partial charge < -0.3 is 0 Å². The van der Waals surface area contributed by atoms with Gasteiger partial charge in [-0.1, -0.05) is 0 Å². The van der Waals surface area contributed by atoms with Gasteiger partial charge in [0.25, 0.3) is 0 Å². The summed E-state index contributed by atoms with van der Waals surface area (Å²) in [5.74, 6) is -0.549. The molecule has 1 N–H and O–H groups in total. The van der Waals surface area contributed by atoms with Crippen LogP contribution in [0.15, 0.2) is 16.3 Å². The van der Waals surface area contributed by atoms with Crippen LogP contribution in [0, 0.1) is 11.3 Å². The first kappa shape index (κ1) is 14.7. The smallest absolute Gasteiger partial charge is 0.229 e. The molecule has 19 heavy (non-hydrogen) atoms. The van der Waals surface area contributed by atoms with Crippen LogP contribution >= 0.6 is 22.9 Å². The third-order valence-corrected chi connectivity index (χ3v) is 7.89. The number of nitrogens with zero attached hydrogens (tertiary/aromatic N) is 1. The standard InChI is InChI=1S/C9H9ClN2O4S3/c10-7-4-18(13,14)5-8(7)12-19(15,16)9-2-1-6(3-11)17-9/h1-2,7-8,12H,4-5H2. The van der Waals surface area contributed by atoms with Gasteiger partial charge in [0.1, 0.15) is 15.2 Å². The van der Waals surface area contributed by atoms with Crippen molar-refractivity contribution in [3.8, 4) is 6.07 Å². The lowest BCUT2D eigenvalue weighted by molar-refractivity contribution is 0.565. The summed E-state index contributed by atoms with van der Waals surface area (Å²) in [5, 5.41) is 7.87. The fourth-order valence-electron chi connectivity index (χ4n) is 1.69. The number of hydrogen-bond acceptors (Lipinski definition) is 6. The number of hydrogen-bond donors (Lipinski definition) is 1. The molecule has 0 aromatic carbocycles. The van der Waals surface area contributed by atoms with E-state index in [4.69, 9.17) is 16.9 Å². The quantitative estimate of drug-likeness (QED) is 0.797. The third kappa shape index (κ3) is 3.27. The molecule has 0 radical (unpaired) electrons. The molecule has 0 bridgehead atoms. The van der Waals surface area contributed by atoms with Crippen LogP contribution in [-0.4, -0.2) is 39.8 Å². The first-order chi connectivity index (χ1) is 8.73. The number of sulfonamides is 1. The van der Waals surface area contributed by atoms with Crippen molar-refractivity contribution in [1.82, 2.24) is 4.72 Å². The summed E-state index contributed by atoms with van der Waals surface area (Å²) >= 11 is 6.65. The lowest BCUT2D eigenvalue weighted by Gasteiger charge is -2.13. The molecule has 1 aliphatic rings. The van der Waals surface area contributed by atoms with E-state index in [1.54, 1.807) is 0 Å². The van der Waals surface area contributed by atoms with Gasteiger partial charge in [-0.3, -0.25) is 0 Å². The van der Waals surface area contributed by atoms with Crippen LogP contribution in [0.1, 0.15) is 4.88 Å².